The van der Waals surface area contributed by atoms with Gasteiger partial charge >= 0.3 is 5.69 Å². The largest absolute Gasteiger partial charge is 0.392 e. The van der Waals surface area contributed by atoms with Crippen LogP contribution in [-0.4, -0.2) is 9.91 Å². The van der Waals surface area contributed by atoms with Crippen molar-refractivity contribution in [1.29, 1.82) is 0 Å². The predicted octanol–water partition coefficient (Wildman–Crippen LogP) is 1.73. The molecule has 2 aromatic rings. The number of nitrogens with two attached hydrogens (primary N) is 1. The molecule has 0 atom stereocenters. The van der Waals surface area contributed by atoms with Gasteiger partial charge in [0.15, 0.2) is 0 Å². The van der Waals surface area contributed by atoms with Gasteiger partial charge in [-0.1, -0.05) is 12.1 Å². The number of aromatic nitrogens is 1. The van der Waals surface area contributed by atoms with E-state index in [2.05, 4.69) is 4.98 Å². The fourth-order valence-corrected chi connectivity index (χ4v) is 1.29. The first-order chi connectivity index (χ1) is 7.11. The van der Waals surface area contributed by atoms with Gasteiger partial charge in [-0.2, -0.15) is 0 Å². The maximum absolute atomic E-state index is 10.8. The zero-order chi connectivity index (χ0) is 11.0. The van der Waals surface area contributed by atoms with Crippen LogP contribution in [0.15, 0.2) is 30.4 Å². The van der Waals surface area contributed by atoms with Crippen molar-refractivity contribution in [2.45, 2.75) is 0 Å². The highest BCUT2D eigenvalue weighted by molar-refractivity contribution is 5.92. The SMILES string of the molecule is [2H]c1nc2ccccc2c([N+](=O)[O-])c1N. The summed E-state index contributed by atoms with van der Waals surface area (Å²) in [4.78, 5) is 14.1. The number of para-hydroxylation sites is 1. The summed E-state index contributed by atoms with van der Waals surface area (Å²) in [6, 6.07) is 6.55. The first-order valence-electron chi connectivity index (χ1n) is 4.40. The summed E-state index contributed by atoms with van der Waals surface area (Å²) in [7, 11) is 0. The molecule has 5 heteroatoms. The van der Waals surface area contributed by atoms with E-state index in [1.165, 1.54) is 0 Å². The molecule has 0 aliphatic heterocycles. The average Bonchev–Trinajstić information content (AvgIpc) is 2.19. The number of pyridine rings is 1. The van der Waals surface area contributed by atoms with Crippen LogP contribution in [0.5, 0.6) is 0 Å². The van der Waals surface area contributed by atoms with E-state index in [4.69, 9.17) is 7.10 Å². The van der Waals surface area contributed by atoms with E-state index in [0.29, 0.717) is 10.9 Å². The Labute approximate surface area is 80.7 Å². The second-order valence-corrected chi connectivity index (χ2v) is 2.76. The number of nitrogens with zero attached hydrogens (tertiary/aromatic N) is 2. The van der Waals surface area contributed by atoms with Crippen molar-refractivity contribution in [3.05, 3.63) is 40.6 Å². The van der Waals surface area contributed by atoms with E-state index < -0.39 is 4.92 Å². The van der Waals surface area contributed by atoms with E-state index in [1.807, 2.05) is 0 Å². The maximum atomic E-state index is 10.8. The minimum atomic E-state index is -0.586. The molecule has 0 saturated carbocycles. The lowest BCUT2D eigenvalue weighted by Gasteiger charge is -2.00. The molecule has 2 N–H and O–H groups in total. The van der Waals surface area contributed by atoms with Crippen LogP contribution in [0.25, 0.3) is 10.9 Å². The van der Waals surface area contributed by atoms with Crippen LogP contribution in [0, 0.1) is 10.1 Å². The highest BCUT2D eigenvalue weighted by Crippen LogP contribution is 2.29. The summed E-state index contributed by atoms with van der Waals surface area (Å²) >= 11 is 0. The summed E-state index contributed by atoms with van der Waals surface area (Å²) in [6.07, 6.45) is -0.264. The minimum absolute atomic E-state index is 0.196. The van der Waals surface area contributed by atoms with Crippen LogP contribution in [0.1, 0.15) is 1.37 Å². The van der Waals surface area contributed by atoms with Crippen molar-refractivity contribution >= 4 is 22.3 Å². The lowest BCUT2D eigenvalue weighted by molar-refractivity contribution is -0.382. The van der Waals surface area contributed by atoms with Gasteiger partial charge in [-0.05, 0) is 12.1 Å². The quantitative estimate of drug-likeness (QED) is 0.548. The predicted molar refractivity (Wildman–Crippen MR) is 52.8 cm³/mol. The maximum Gasteiger partial charge on any atom is 0.303 e. The van der Waals surface area contributed by atoms with Crippen LogP contribution in [0.3, 0.4) is 0 Å². The summed E-state index contributed by atoms with van der Waals surface area (Å²) in [5, 5.41) is 11.2. The Hall–Kier alpha value is -2.17. The van der Waals surface area contributed by atoms with E-state index in [0.717, 1.165) is 0 Å². The van der Waals surface area contributed by atoms with E-state index in [-0.39, 0.29) is 17.5 Å². The smallest absolute Gasteiger partial charge is 0.303 e. The number of nitro groups is 1. The van der Waals surface area contributed by atoms with E-state index in [9.17, 15) is 10.1 Å². The molecular formula is C9H7N3O2. The van der Waals surface area contributed by atoms with Gasteiger partial charge in [0.25, 0.3) is 0 Å². The molecule has 0 radical (unpaired) electrons. The molecular weight excluding hydrogens is 182 g/mol. The van der Waals surface area contributed by atoms with Crippen molar-refractivity contribution < 1.29 is 6.29 Å². The van der Waals surface area contributed by atoms with Gasteiger partial charge in [0, 0.05) is 0 Å². The van der Waals surface area contributed by atoms with E-state index >= 15 is 0 Å². The number of nitrogen functional groups attached to an aromatic ring is 1. The first kappa shape index (κ1) is 7.25. The van der Waals surface area contributed by atoms with Gasteiger partial charge in [-0.25, -0.2) is 0 Å². The summed E-state index contributed by atoms with van der Waals surface area (Å²) < 4.78 is 7.40. The molecule has 2 rings (SSSR count). The van der Waals surface area contributed by atoms with Gasteiger partial charge in [0.05, 0.1) is 23.4 Å². The van der Waals surface area contributed by atoms with Crippen LogP contribution in [0.4, 0.5) is 11.4 Å². The zero-order valence-corrected chi connectivity index (χ0v) is 7.10. The van der Waals surface area contributed by atoms with Gasteiger partial charge in [0.1, 0.15) is 5.69 Å². The van der Waals surface area contributed by atoms with Crippen LogP contribution in [0.2, 0.25) is 0 Å². The van der Waals surface area contributed by atoms with Crippen molar-refractivity contribution in [1.82, 2.24) is 4.98 Å². The topological polar surface area (TPSA) is 82.0 Å². The highest BCUT2D eigenvalue weighted by Gasteiger charge is 2.16. The Morgan fingerprint density at radius 3 is 2.93 bits per heavy atom. The monoisotopic (exact) mass is 190 g/mol. The van der Waals surface area contributed by atoms with Crippen molar-refractivity contribution in [2.75, 3.05) is 5.73 Å². The summed E-state index contributed by atoms with van der Waals surface area (Å²) in [5.74, 6) is 0. The second-order valence-electron chi connectivity index (χ2n) is 2.76. The van der Waals surface area contributed by atoms with Gasteiger partial charge in [0.2, 0.25) is 0 Å². The number of hydrogen-bond donors (Lipinski definition) is 1. The van der Waals surface area contributed by atoms with Crippen LogP contribution >= 0.6 is 0 Å². The number of anilines is 1. The standard InChI is InChI=1S/C9H7N3O2/c10-7-5-11-8-4-2-1-3-6(8)9(7)12(13)14/h1-5H,10H2/i5D. The molecule has 1 heterocycles. The number of fused-ring (bicyclic) bond motifs is 1. The number of benzene rings is 1. The zero-order valence-electron chi connectivity index (χ0n) is 8.10. The third-order valence-corrected chi connectivity index (χ3v) is 1.89. The van der Waals surface area contributed by atoms with Gasteiger partial charge in [-0.3, -0.25) is 15.1 Å². The van der Waals surface area contributed by atoms with Crippen molar-refractivity contribution in [3.8, 4) is 0 Å². The number of rotatable bonds is 1. The molecule has 0 amide bonds. The molecule has 0 aliphatic rings. The van der Waals surface area contributed by atoms with Gasteiger partial charge < -0.3 is 5.73 Å². The van der Waals surface area contributed by atoms with Crippen LogP contribution < -0.4 is 5.73 Å². The van der Waals surface area contributed by atoms with Crippen molar-refractivity contribution in [3.63, 3.8) is 0 Å². The minimum Gasteiger partial charge on any atom is -0.392 e. The molecule has 70 valence electrons. The molecule has 0 bridgehead atoms. The number of hydrogen-bond acceptors (Lipinski definition) is 4. The third kappa shape index (κ3) is 1.15. The Kier molecular flexibility index (Phi) is 1.53. The molecule has 5 nitrogen and oxygen atoms in total. The lowest BCUT2D eigenvalue weighted by atomic mass is 10.2. The molecule has 14 heavy (non-hydrogen) atoms. The highest BCUT2D eigenvalue weighted by atomic mass is 16.6. The van der Waals surface area contributed by atoms with Crippen LogP contribution in [-0.2, 0) is 0 Å². The van der Waals surface area contributed by atoms with Gasteiger partial charge in [-0.15, -0.1) is 0 Å². The molecule has 0 aliphatic carbocycles. The fourth-order valence-electron chi connectivity index (χ4n) is 1.29. The third-order valence-electron chi connectivity index (χ3n) is 1.89. The normalized spacial score (nSPS) is 11.3. The molecule has 0 unspecified atom stereocenters. The Bertz CT molecular complexity index is 556. The fraction of sp³-hybridized carbons (Fsp3) is 0. The average molecular weight is 190 g/mol. The molecule has 1 aromatic heterocycles. The Balaban J connectivity index is 2.95. The van der Waals surface area contributed by atoms with Crippen molar-refractivity contribution in [2.24, 2.45) is 0 Å². The first-order valence-corrected chi connectivity index (χ1v) is 3.90. The lowest BCUT2D eigenvalue weighted by Crippen LogP contribution is -1.97. The van der Waals surface area contributed by atoms with E-state index in [1.54, 1.807) is 24.3 Å². The molecule has 0 saturated heterocycles. The molecule has 0 fully saturated rings. The summed E-state index contributed by atoms with van der Waals surface area (Å²) in [6.45, 7) is 0. The summed E-state index contributed by atoms with van der Waals surface area (Å²) in [5.41, 5.74) is 5.42. The molecule has 0 spiro atoms. The Morgan fingerprint density at radius 2 is 2.21 bits per heavy atom. The molecule has 1 aromatic carbocycles. The Morgan fingerprint density at radius 1 is 1.50 bits per heavy atom. The second kappa shape index (κ2) is 2.95.